The van der Waals surface area contributed by atoms with Gasteiger partial charge in [-0.2, -0.15) is 0 Å². The molecule has 0 spiro atoms. The van der Waals surface area contributed by atoms with Crippen LogP contribution in [0.2, 0.25) is 0 Å². The summed E-state index contributed by atoms with van der Waals surface area (Å²) in [4.78, 5) is 0. The predicted octanol–water partition coefficient (Wildman–Crippen LogP) is 2.60. The van der Waals surface area contributed by atoms with Gasteiger partial charge in [0.1, 0.15) is 0 Å². The van der Waals surface area contributed by atoms with Crippen molar-refractivity contribution in [2.45, 2.75) is 26.2 Å². The topological polar surface area (TPSA) is 32.3 Å². The van der Waals surface area contributed by atoms with Crippen LogP contribution in [0.25, 0.3) is 0 Å². The van der Waals surface area contributed by atoms with E-state index in [4.69, 9.17) is 5.11 Å². The third kappa shape index (κ3) is 3.04. The average molecular weight is 193 g/mol. The molecule has 0 saturated carbocycles. The third-order valence-electron chi connectivity index (χ3n) is 2.23. The summed E-state index contributed by atoms with van der Waals surface area (Å²) in [5.41, 5.74) is 2.53. The zero-order valence-corrected chi connectivity index (χ0v) is 8.96. The summed E-state index contributed by atoms with van der Waals surface area (Å²) in [6.07, 6.45) is 0.798. The van der Waals surface area contributed by atoms with E-state index in [1.54, 1.807) is 0 Å². The molecular weight excluding hydrogens is 174 g/mol. The Morgan fingerprint density at radius 3 is 2.64 bits per heavy atom. The summed E-state index contributed by atoms with van der Waals surface area (Å²) in [6.45, 7) is 5.45. The van der Waals surface area contributed by atoms with Gasteiger partial charge in [0.25, 0.3) is 0 Å². The fourth-order valence-corrected chi connectivity index (χ4v) is 1.46. The first-order chi connectivity index (χ1) is 6.75. The fourth-order valence-electron chi connectivity index (χ4n) is 1.46. The molecule has 0 aromatic heterocycles. The van der Waals surface area contributed by atoms with Gasteiger partial charge < -0.3 is 10.4 Å². The molecule has 0 unspecified atom stereocenters. The maximum atomic E-state index is 8.68. The maximum Gasteiger partial charge on any atom is 0.0447 e. The van der Waals surface area contributed by atoms with Crippen LogP contribution in [0.3, 0.4) is 0 Å². The molecule has 2 heteroatoms. The maximum absolute atomic E-state index is 8.68. The van der Waals surface area contributed by atoms with Crippen molar-refractivity contribution >= 4 is 5.69 Å². The molecule has 0 saturated heterocycles. The molecule has 0 bridgehead atoms. The molecule has 0 aliphatic rings. The highest BCUT2D eigenvalue weighted by molar-refractivity contribution is 5.52. The normalized spacial score (nSPS) is 10.6. The average Bonchev–Trinajstić information content (AvgIpc) is 2.19. The fraction of sp³-hybridized carbons (Fsp3) is 0.500. The lowest BCUT2D eigenvalue weighted by atomic mass is 10.0. The number of aliphatic hydroxyl groups excluding tert-OH is 1. The Morgan fingerprint density at radius 1 is 1.29 bits per heavy atom. The predicted molar refractivity (Wildman–Crippen MR) is 60.7 cm³/mol. The molecule has 14 heavy (non-hydrogen) atoms. The summed E-state index contributed by atoms with van der Waals surface area (Å²) < 4.78 is 0. The molecule has 2 N–H and O–H groups in total. The Hall–Kier alpha value is -1.02. The number of nitrogens with one attached hydrogen (secondary N) is 1. The molecule has 0 fully saturated rings. The first-order valence-corrected chi connectivity index (χ1v) is 5.19. The van der Waals surface area contributed by atoms with Gasteiger partial charge in [0.15, 0.2) is 0 Å². The minimum absolute atomic E-state index is 0.247. The largest absolute Gasteiger partial charge is 0.396 e. The zero-order chi connectivity index (χ0) is 10.4. The Morgan fingerprint density at radius 2 is 2.00 bits per heavy atom. The Bertz CT molecular complexity index is 271. The van der Waals surface area contributed by atoms with E-state index in [-0.39, 0.29) is 6.61 Å². The second-order valence-corrected chi connectivity index (χ2v) is 3.75. The van der Waals surface area contributed by atoms with Crippen molar-refractivity contribution in [1.29, 1.82) is 0 Å². The van der Waals surface area contributed by atoms with E-state index in [9.17, 15) is 0 Å². The molecular formula is C12H19NO. The number of anilines is 1. The van der Waals surface area contributed by atoms with Gasteiger partial charge in [-0.1, -0.05) is 32.0 Å². The molecule has 78 valence electrons. The van der Waals surface area contributed by atoms with Gasteiger partial charge in [-0.15, -0.1) is 0 Å². The first kappa shape index (κ1) is 11.1. The van der Waals surface area contributed by atoms with Crippen LogP contribution in [-0.4, -0.2) is 18.3 Å². The van der Waals surface area contributed by atoms with Gasteiger partial charge >= 0.3 is 0 Å². The second kappa shape index (κ2) is 5.66. The molecule has 0 aliphatic heterocycles. The van der Waals surface area contributed by atoms with Crippen LogP contribution in [0, 0.1) is 0 Å². The number of benzene rings is 1. The molecule has 0 amide bonds. The molecule has 0 heterocycles. The monoisotopic (exact) mass is 193 g/mol. The lowest BCUT2D eigenvalue weighted by molar-refractivity contribution is 0.292. The van der Waals surface area contributed by atoms with E-state index in [1.165, 1.54) is 11.3 Å². The van der Waals surface area contributed by atoms with Gasteiger partial charge in [0.2, 0.25) is 0 Å². The van der Waals surface area contributed by atoms with E-state index in [2.05, 4.69) is 37.4 Å². The second-order valence-electron chi connectivity index (χ2n) is 3.75. The summed E-state index contributed by atoms with van der Waals surface area (Å²) >= 11 is 0. The Labute approximate surface area is 86.0 Å². The molecule has 0 radical (unpaired) electrons. The van der Waals surface area contributed by atoms with Gasteiger partial charge in [0, 0.05) is 18.8 Å². The number of para-hydroxylation sites is 1. The Kier molecular flexibility index (Phi) is 4.47. The number of hydrogen-bond acceptors (Lipinski definition) is 2. The highest BCUT2D eigenvalue weighted by Crippen LogP contribution is 2.23. The van der Waals surface area contributed by atoms with Crippen LogP contribution in [0.4, 0.5) is 5.69 Å². The SMILES string of the molecule is CC(C)c1ccccc1NCCCO. The standard InChI is InChI=1S/C12H19NO/c1-10(2)11-6-3-4-7-12(11)13-8-5-9-14/h3-4,6-7,10,13-14H,5,8-9H2,1-2H3. The van der Waals surface area contributed by atoms with Crippen LogP contribution in [-0.2, 0) is 0 Å². The first-order valence-electron chi connectivity index (χ1n) is 5.19. The molecule has 1 rings (SSSR count). The van der Waals surface area contributed by atoms with Crippen molar-refractivity contribution in [3.8, 4) is 0 Å². The number of hydrogen-bond donors (Lipinski definition) is 2. The minimum atomic E-state index is 0.247. The van der Waals surface area contributed by atoms with E-state index in [1.807, 2.05) is 6.07 Å². The van der Waals surface area contributed by atoms with E-state index < -0.39 is 0 Å². The van der Waals surface area contributed by atoms with E-state index in [0.717, 1.165) is 13.0 Å². The summed E-state index contributed by atoms with van der Waals surface area (Å²) in [5.74, 6) is 0.535. The van der Waals surface area contributed by atoms with E-state index in [0.29, 0.717) is 5.92 Å². The molecule has 2 nitrogen and oxygen atoms in total. The van der Waals surface area contributed by atoms with Crippen molar-refractivity contribution < 1.29 is 5.11 Å². The minimum Gasteiger partial charge on any atom is -0.396 e. The highest BCUT2D eigenvalue weighted by atomic mass is 16.3. The van der Waals surface area contributed by atoms with Crippen LogP contribution >= 0.6 is 0 Å². The van der Waals surface area contributed by atoms with Gasteiger partial charge in [-0.3, -0.25) is 0 Å². The van der Waals surface area contributed by atoms with Crippen LogP contribution in [0.15, 0.2) is 24.3 Å². The third-order valence-corrected chi connectivity index (χ3v) is 2.23. The lowest BCUT2D eigenvalue weighted by Gasteiger charge is -2.13. The van der Waals surface area contributed by atoms with Gasteiger partial charge in [-0.25, -0.2) is 0 Å². The number of rotatable bonds is 5. The molecule has 1 aromatic carbocycles. The summed E-state index contributed by atoms with van der Waals surface area (Å²) in [5, 5.41) is 12.0. The molecule has 0 aliphatic carbocycles. The quantitative estimate of drug-likeness (QED) is 0.704. The van der Waals surface area contributed by atoms with Crippen molar-refractivity contribution in [1.82, 2.24) is 0 Å². The van der Waals surface area contributed by atoms with Crippen LogP contribution in [0.5, 0.6) is 0 Å². The zero-order valence-electron chi connectivity index (χ0n) is 8.96. The van der Waals surface area contributed by atoms with Crippen molar-refractivity contribution in [2.24, 2.45) is 0 Å². The summed E-state index contributed by atoms with van der Waals surface area (Å²) in [6, 6.07) is 8.33. The van der Waals surface area contributed by atoms with Crippen LogP contribution < -0.4 is 5.32 Å². The molecule has 0 atom stereocenters. The van der Waals surface area contributed by atoms with Crippen molar-refractivity contribution in [3.63, 3.8) is 0 Å². The summed E-state index contributed by atoms with van der Waals surface area (Å²) in [7, 11) is 0. The van der Waals surface area contributed by atoms with Crippen molar-refractivity contribution in [2.75, 3.05) is 18.5 Å². The number of aliphatic hydroxyl groups is 1. The van der Waals surface area contributed by atoms with E-state index >= 15 is 0 Å². The smallest absolute Gasteiger partial charge is 0.0447 e. The van der Waals surface area contributed by atoms with Gasteiger partial charge in [-0.05, 0) is 24.0 Å². The van der Waals surface area contributed by atoms with Gasteiger partial charge in [0.05, 0.1) is 0 Å². The molecule has 1 aromatic rings. The van der Waals surface area contributed by atoms with Crippen LogP contribution in [0.1, 0.15) is 31.7 Å². The van der Waals surface area contributed by atoms with Crippen molar-refractivity contribution in [3.05, 3.63) is 29.8 Å². The Balaban J connectivity index is 2.64. The lowest BCUT2D eigenvalue weighted by Crippen LogP contribution is -2.06. The highest BCUT2D eigenvalue weighted by Gasteiger charge is 2.03.